The molecule has 1 fully saturated rings. The van der Waals surface area contributed by atoms with Gasteiger partial charge in [0.2, 0.25) is 6.29 Å². The van der Waals surface area contributed by atoms with E-state index in [-0.39, 0.29) is 35.9 Å². The van der Waals surface area contributed by atoms with Gasteiger partial charge < -0.3 is 44.5 Å². The molecule has 0 bridgehead atoms. The first-order valence-electron chi connectivity index (χ1n) is 10.1. The predicted octanol–water partition coefficient (Wildman–Crippen LogP) is -0.450. The Labute approximate surface area is 190 Å². The molecule has 33 heavy (non-hydrogen) atoms. The molecule has 1 aromatic rings. The second-order valence-electron chi connectivity index (χ2n) is 7.28. The number of carbonyl (C=O) groups excluding carboxylic acids is 2. The molecule has 0 unspecified atom stereocenters. The minimum absolute atomic E-state index is 0.00246. The zero-order valence-electron chi connectivity index (χ0n) is 18.2. The third kappa shape index (κ3) is 7.55. The van der Waals surface area contributed by atoms with Crippen LogP contribution in [0.3, 0.4) is 0 Å². The van der Waals surface area contributed by atoms with Crippen LogP contribution in [0.2, 0.25) is 0 Å². The number of hydrogen-bond acceptors (Lipinski definition) is 11. The Hall–Kier alpha value is -2.96. The van der Waals surface area contributed by atoms with Crippen LogP contribution in [-0.4, -0.2) is 88.0 Å². The summed E-state index contributed by atoms with van der Waals surface area (Å²) in [4.78, 5) is 23.8. The highest BCUT2D eigenvalue weighted by molar-refractivity contribution is 5.89. The van der Waals surface area contributed by atoms with E-state index in [1.165, 1.54) is 50.3 Å². The second kappa shape index (κ2) is 12.3. The van der Waals surface area contributed by atoms with Crippen LogP contribution >= 0.6 is 0 Å². The molecule has 11 nitrogen and oxygen atoms in total. The normalized spacial score (nSPS) is 25.9. The third-order valence-corrected chi connectivity index (χ3v) is 4.78. The molecule has 0 spiro atoms. The summed E-state index contributed by atoms with van der Waals surface area (Å²) in [7, 11) is 0. The summed E-state index contributed by atoms with van der Waals surface area (Å²) < 4.78 is 21.0. The highest BCUT2D eigenvalue weighted by atomic mass is 16.7. The molecule has 5 N–H and O–H groups in total. The number of phenolic OH excluding ortho intramolecular Hbond substituents is 1. The molecule has 0 saturated carbocycles. The highest BCUT2D eigenvalue weighted by Gasteiger charge is 2.45. The van der Waals surface area contributed by atoms with Gasteiger partial charge in [0.1, 0.15) is 49.1 Å². The Morgan fingerprint density at radius 1 is 0.939 bits per heavy atom. The maximum atomic E-state index is 12.2. The first kappa shape index (κ1) is 26.3. The first-order chi connectivity index (χ1) is 15.6. The second-order valence-corrected chi connectivity index (χ2v) is 7.28. The molecule has 2 rings (SSSR count). The average Bonchev–Trinajstić information content (AvgIpc) is 2.79. The van der Waals surface area contributed by atoms with E-state index in [0.29, 0.717) is 0 Å². The molecule has 1 saturated heterocycles. The summed E-state index contributed by atoms with van der Waals surface area (Å²) in [5.41, 5.74) is 0.341. The molecule has 1 heterocycles. The van der Waals surface area contributed by atoms with Crippen molar-refractivity contribution in [2.75, 3.05) is 19.8 Å². The van der Waals surface area contributed by atoms with Crippen molar-refractivity contribution in [2.24, 2.45) is 0 Å². The van der Waals surface area contributed by atoms with Crippen molar-refractivity contribution in [3.8, 4) is 11.5 Å². The molecule has 1 aliphatic heterocycles. The van der Waals surface area contributed by atoms with Crippen molar-refractivity contribution in [3.63, 3.8) is 0 Å². The minimum atomic E-state index is -1.63. The fourth-order valence-corrected chi connectivity index (χ4v) is 2.74. The third-order valence-electron chi connectivity index (χ3n) is 4.78. The maximum Gasteiger partial charge on any atom is 0.333 e. The maximum absolute atomic E-state index is 12.2. The van der Waals surface area contributed by atoms with Crippen molar-refractivity contribution in [1.82, 2.24) is 0 Å². The van der Waals surface area contributed by atoms with Gasteiger partial charge in [-0.3, -0.25) is 0 Å². The summed E-state index contributed by atoms with van der Waals surface area (Å²) in [5, 5.41) is 48.5. The molecule has 0 aromatic heterocycles. The molecule has 0 radical (unpaired) electrons. The van der Waals surface area contributed by atoms with E-state index in [1.54, 1.807) is 0 Å². The van der Waals surface area contributed by atoms with E-state index in [9.17, 15) is 30.0 Å². The summed E-state index contributed by atoms with van der Waals surface area (Å²) in [6, 6.07) is 5.54. The number of carbonyl (C=O) groups is 2. The molecule has 0 aliphatic carbocycles. The molecule has 1 aromatic carbocycles. The first-order valence-corrected chi connectivity index (χ1v) is 10.1. The summed E-state index contributed by atoms with van der Waals surface area (Å²) in [5.74, 6) is -1.19. The number of hydrogen-bond donors (Lipinski definition) is 5. The van der Waals surface area contributed by atoms with Gasteiger partial charge in [0.25, 0.3) is 0 Å². The Morgan fingerprint density at radius 3 is 2.18 bits per heavy atom. The van der Waals surface area contributed by atoms with Crippen LogP contribution in [-0.2, 0) is 23.8 Å². The van der Waals surface area contributed by atoms with Crippen molar-refractivity contribution in [1.29, 1.82) is 0 Å². The van der Waals surface area contributed by atoms with E-state index in [2.05, 4.69) is 0 Å². The summed E-state index contributed by atoms with van der Waals surface area (Å²) >= 11 is 0. The predicted molar refractivity (Wildman–Crippen MR) is 112 cm³/mol. The smallest absolute Gasteiger partial charge is 0.333 e. The SMILES string of the molecule is C/C(=C\CO)C(=O)OC/C=C(\C)C(=O)OC[C@H]1O[C@@H](Oc2ccc(O)cc2)[C@H](O)[C@@H](O)[C@@H]1O. The number of ether oxygens (including phenoxy) is 4. The lowest BCUT2D eigenvalue weighted by atomic mass is 9.99. The quantitative estimate of drug-likeness (QED) is 0.235. The fraction of sp³-hybridized carbons (Fsp3) is 0.455. The van der Waals surface area contributed by atoms with Gasteiger partial charge in [-0.25, -0.2) is 9.59 Å². The van der Waals surface area contributed by atoms with Gasteiger partial charge >= 0.3 is 11.9 Å². The number of phenols is 1. The highest BCUT2D eigenvalue weighted by Crippen LogP contribution is 2.25. The van der Waals surface area contributed by atoms with Crippen LogP contribution in [0, 0.1) is 0 Å². The monoisotopic (exact) mass is 468 g/mol. The molecular formula is C22H28O11. The van der Waals surface area contributed by atoms with Gasteiger partial charge in [-0.15, -0.1) is 0 Å². The summed E-state index contributed by atoms with van der Waals surface area (Å²) in [6.07, 6.45) is -4.74. The topological polar surface area (TPSA) is 172 Å². The van der Waals surface area contributed by atoms with Gasteiger partial charge in [-0.2, -0.15) is 0 Å². The Bertz CT molecular complexity index is 862. The molecular weight excluding hydrogens is 440 g/mol. The molecule has 182 valence electrons. The van der Waals surface area contributed by atoms with Crippen LogP contribution in [0.4, 0.5) is 0 Å². The number of benzene rings is 1. The van der Waals surface area contributed by atoms with Crippen molar-refractivity contribution < 1.29 is 54.1 Å². The van der Waals surface area contributed by atoms with Crippen LogP contribution in [0.15, 0.2) is 47.6 Å². The van der Waals surface area contributed by atoms with E-state index in [4.69, 9.17) is 24.1 Å². The van der Waals surface area contributed by atoms with Gasteiger partial charge in [0.05, 0.1) is 6.61 Å². The van der Waals surface area contributed by atoms with Crippen LogP contribution < -0.4 is 4.74 Å². The molecule has 0 amide bonds. The van der Waals surface area contributed by atoms with Gasteiger partial charge in [-0.1, -0.05) is 0 Å². The molecule has 11 heteroatoms. The van der Waals surface area contributed by atoms with Crippen molar-refractivity contribution in [3.05, 3.63) is 47.6 Å². The number of aliphatic hydroxyl groups is 4. The van der Waals surface area contributed by atoms with Gasteiger partial charge in [0.15, 0.2) is 0 Å². The lowest BCUT2D eigenvalue weighted by molar-refractivity contribution is -0.278. The Kier molecular flexibility index (Phi) is 9.82. The van der Waals surface area contributed by atoms with Crippen molar-refractivity contribution in [2.45, 2.75) is 44.6 Å². The average molecular weight is 468 g/mol. The minimum Gasteiger partial charge on any atom is -0.508 e. The number of esters is 2. The van der Waals surface area contributed by atoms with Gasteiger partial charge in [0, 0.05) is 11.1 Å². The zero-order chi connectivity index (χ0) is 24.5. The summed E-state index contributed by atoms with van der Waals surface area (Å²) in [6.45, 7) is 1.95. The van der Waals surface area contributed by atoms with E-state index < -0.39 is 49.3 Å². The Morgan fingerprint density at radius 2 is 1.55 bits per heavy atom. The lowest BCUT2D eigenvalue weighted by Crippen LogP contribution is -2.60. The van der Waals surface area contributed by atoms with E-state index in [0.717, 1.165) is 0 Å². The number of aliphatic hydroxyl groups excluding tert-OH is 4. The largest absolute Gasteiger partial charge is 0.508 e. The van der Waals surface area contributed by atoms with Gasteiger partial charge in [-0.05, 0) is 50.3 Å². The zero-order valence-corrected chi connectivity index (χ0v) is 18.2. The lowest BCUT2D eigenvalue weighted by Gasteiger charge is -2.39. The molecule has 5 atom stereocenters. The standard InChI is InChI=1S/C22H28O11/c1-12(7-9-23)20(28)30-10-8-13(2)21(29)31-11-16-17(25)18(26)19(27)22(33-16)32-15-5-3-14(24)4-6-15/h3-8,16-19,22-27H,9-11H2,1-2H3/b12-7+,13-8+/t16-,17-,18+,19-,22-/m1/s1. The van der Waals surface area contributed by atoms with Crippen LogP contribution in [0.5, 0.6) is 11.5 Å². The number of aromatic hydroxyl groups is 1. The molecule has 1 aliphatic rings. The van der Waals surface area contributed by atoms with Crippen molar-refractivity contribution >= 4 is 11.9 Å². The van der Waals surface area contributed by atoms with Crippen LogP contribution in [0.25, 0.3) is 0 Å². The Balaban J connectivity index is 1.90. The fourth-order valence-electron chi connectivity index (χ4n) is 2.74. The number of rotatable bonds is 9. The van der Waals surface area contributed by atoms with Crippen LogP contribution in [0.1, 0.15) is 13.8 Å². The van der Waals surface area contributed by atoms with E-state index >= 15 is 0 Å². The van der Waals surface area contributed by atoms with E-state index in [1.807, 2.05) is 0 Å².